The van der Waals surface area contributed by atoms with Crippen LogP contribution in [0.4, 0.5) is 0 Å². The average molecular weight is 256 g/mol. The number of aliphatic hydroxyl groups is 1. The van der Waals surface area contributed by atoms with Crippen molar-refractivity contribution < 1.29 is 14.6 Å². The highest BCUT2D eigenvalue weighted by atomic mass is 16.5. The highest BCUT2D eigenvalue weighted by Crippen LogP contribution is 2.11. The van der Waals surface area contributed by atoms with Gasteiger partial charge in [0, 0.05) is 39.0 Å². The smallest absolute Gasteiger partial charge is 0.244 e. The van der Waals surface area contributed by atoms with E-state index < -0.39 is 6.04 Å². The molecule has 3 N–H and O–H groups in total. The summed E-state index contributed by atoms with van der Waals surface area (Å²) in [5.41, 5.74) is 6.54. The molecule has 0 saturated heterocycles. The number of hydrogen-bond acceptors (Lipinski definition) is 5. The Kier molecular flexibility index (Phi) is 5.76. The van der Waals surface area contributed by atoms with Crippen molar-refractivity contribution in [2.75, 3.05) is 33.4 Å². The van der Waals surface area contributed by atoms with E-state index in [1.807, 2.05) is 0 Å². The minimum atomic E-state index is -0.762. The maximum Gasteiger partial charge on any atom is 0.244 e. The second-order valence-electron chi connectivity index (χ2n) is 3.97. The molecule has 7 heteroatoms. The zero-order valence-electron chi connectivity index (χ0n) is 10.7. The fourth-order valence-corrected chi connectivity index (χ4v) is 1.59. The number of hydrogen-bond donors (Lipinski definition) is 2. The zero-order chi connectivity index (χ0) is 13.5. The Balaban J connectivity index is 2.69. The molecule has 1 atom stereocenters. The van der Waals surface area contributed by atoms with Crippen LogP contribution in [0, 0.1) is 0 Å². The molecule has 0 radical (unpaired) electrons. The van der Waals surface area contributed by atoms with Crippen LogP contribution >= 0.6 is 0 Å². The third-order valence-electron chi connectivity index (χ3n) is 2.60. The molecule has 1 heterocycles. The van der Waals surface area contributed by atoms with Gasteiger partial charge in [0.05, 0.1) is 19.4 Å². The Bertz CT molecular complexity index is 380. The summed E-state index contributed by atoms with van der Waals surface area (Å²) in [4.78, 5) is 13.6. The zero-order valence-corrected chi connectivity index (χ0v) is 10.7. The van der Waals surface area contributed by atoms with Gasteiger partial charge in [0.25, 0.3) is 0 Å². The Labute approximate surface area is 106 Å². The van der Waals surface area contributed by atoms with Crippen LogP contribution in [0.1, 0.15) is 11.6 Å². The fourth-order valence-electron chi connectivity index (χ4n) is 1.59. The lowest BCUT2D eigenvalue weighted by molar-refractivity contribution is -0.133. The van der Waals surface area contributed by atoms with Crippen molar-refractivity contribution in [1.29, 1.82) is 0 Å². The summed E-state index contributed by atoms with van der Waals surface area (Å²) >= 11 is 0. The summed E-state index contributed by atoms with van der Waals surface area (Å²) in [5.74, 6) is -0.242. The molecule has 1 aromatic heterocycles. The van der Waals surface area contributed by atoms with Gasteiger partial charge in [0.15, 0.2) is 0 Å². The van der Waals surface area contributed by atoms with Crippen LogP contribution < -0.4 is 5.73 Å². The highest BCUT2D eigenvalue weighted by Gasteiger charge is 2.22. The number of amides is 1. The molecule has 0 aliphatic heterocycles. The number of aliphatic hydroxyl groups excluding tert-OH is 1. The fraction of sp³-hybridized carbons (Fsp3) is 0.636. The second kappa shape index (κ2) is 7.10. The summed E-state index contributed by atoms with van der Waals surface area (Å²) in [6, 6.07) is -0.762. The highest BCUT2D eigenvalue weighted by molar-refractivity contribution is 5.82. The third-order valence-corrected chi connectivity index (χ3v) is 2.60. The summed E-state index contributed by atoms with van der Waals surface area (Å²) in [6.45, 7) is 0.959. The lowest BCUT2D eigenvalue weighted by atomic mass is 10.1. The van der Waals surface area contributed by atoms with E-state index >= 15 is 0 Å². The minimum absolute atomic E-state index is 0.102. The summed E-state index contributed by atoms with van der Waals surface area (Å²) < 4.78 is 6.52. The van der Waals surface area contributed by atoms with E-state index in [0.717, 1.165) is 0 Å². The lowest BCUT2D eigenvalue weighted by Crippen LogP contribution is -2.41. The van der Waals surface area contributed by atoms with Gasteiger partial charge >= 0.3 is 0 Å². The molecule has 7 nitrogen and oxygen atoms in total. The van der Waals surface area contributed by atoms with Gasteiger partial charge < -0.3 is 20.5 Å². The number of aryl methyl sites for hydroxylation is 1. The molecular weight excluding hydrogens is 236 g/mol. The first kappa shape index (κ1) is 14.6. The van der Waals surface area contributed by atoms with E-state index in [-0.39, 0.29) is 19.1 Å². The number of rotatable bonds is 7. The van der Waals surface area contributed by atoms with Gasteiger partial charge in [0.2, 0.25) is 5.91 Å². The third kappa shape index (κ3) is 3.80. The number of carbonyl (C=O) groups excluding carboxylic acids is 1. The molecule has 1 unspecified atom stereocenters. The number of aromatic nitrogens is 2. The van der Waals surface area contributed by atoms with Gasteiger partial charge in [-0.2, -0.15) is 5.10 Å². The largest absolute Gasteiger partial charge is 0.395 e. The Hall–Kier alpha value is -1.44. The number of ether oxygens (including phenoxy) is 1. The first-order valence-corrected chi connectivity index (χ1v) is 5.72. The normalized spacial score (nSPS) is 12.4. The van der Waals surface area contributed by atoms with Gasteiger partial charge in [-0.1, -0.05) is 0 Å². The summed E-state index contributed by atoms with van der Waals surface area (Å²) in [7, 11) is 3.32. The second-order valence-corrected chi connectivity index (χ2v) is 3.97. The standard InChI is InChI=1S/C11H20N4O3/c1-14-8-9(7-13-14)10(12)11(17)15(3-5-16)4-6-18-2/h7-8,10,16H,3-6,12H2,1-2H3. The minimum Gasteiger partial charge on any atom is -0.395 e. The molecule has 1 amide bonds. The number of nitrogens with zero attached hydrogens (tertiary/aromatic N) is 3. The van der Waals surface area contributed by atoms with Crippen LogP contribution in [0.25, 0.3) is 0 Å². The molecule has 0 spiro atoms. The van der Waals surface area contributed by atoms with Gasteiger partial charge in [0.1, 0.15) is 6.04 Å². The quantitative estimate of drug-likeness (QED) is 0.645. The monoisotopic (exact) mass is 256 g/mol. The van der Waals surface area contributed by atoms with Gasteiger partial charge in [-0.05, 0) is 0 Å². The van der Waals surface area contributed by atoms with E-state index in [4.69, 9.17) is 15.6 Å². The molecule has 0 bridgehead atoms. The predicted molar refractivity (Wildman–Crippen MR) is 65.7 cm³/mol. The first-order chi connectivity index (χ1) is 8.60. The van der Waals surface area contributed by atoms with Gasteiger partial charge in [-0.3, -0.25) is 9.48 Å². The van der Waals surface area contributed by atoms with Crippen LogP contribution in [0.3, 0.4) is 0 Å². The molecule has 0 aliphatic rings. The van der Waals surface area contributed by atoms with E-state index in [1.54, 1.807) is 31.2 Å². The molecule has 0 saturated carbocycles. The van der Waals surface area contributed by atoms with Crippen LogP contribution in [-0.2, 0) is 16.6 Å². The van der Waals surface area contributed by atoms with E-state index in [0.29, 0.717) is 18.7 Å². The molecule has 102 valence electrons. The topological polar surface area (TPSA) is 93.6 Å². The number of carbonyl (C=O) groups is 1. The Morgan fingerprint density at radius 3 is 2.89 bits per heavy atom. The first-order valence-electron chi connectivity index (χ1n) is 5.72. The van der Waals surface area contributed by atoms with Crippen LogP contribution in [0.15, 0.2) is 12.4 Å². The van der Waals surface area contributed by atoms with Gasteiger partial charge in [-0.15, -0.1) is 0 Å². The van der Waals surface area contributed by atoms with Crippen molar-refractivity contribution in [1.82, 2.24) is 14.7 Å². The van der Waals surface area contributed by atoms with E-state index in [9.17, 15) is 4.79 Å². The van der Waals surface area contributed by atoms with Crippen LogP contribution in [0.5, 0.6) is 0 Å². The predicted octanol–water partition coefficient (Wildman–Crippen LogP) is -1.11. The van der Waals surface area contributed by atoms with E-state index in [1.165, 1.54) is 4.90 Å². The summed E-state index contributed by atoms with van der Waals surface area (Å²) in [6.07, 6.45) is 3.27. The van der Waals surface area contributed by atoms with Crippen molar-refractivity contribution in [3.05, 3.63) is 18.0 Å². The van der Waals surface area contributed by atoms with Crippen molar-refractivity contribution in [2.24, 2.45) is 12.8 Å². The molecule has 0 aromatic carbocycles. The molecule has 1 aromatic rings. The van der Waals surface area contributed by atoms with Crippen LogP contribution in [-0.4, -0.2) is 59.1 Å². The molecule has 0 aliphatic carbocycles. The van der Waals surface area contributed by atoms with Crippen molar-refractivity contribution in [3.8, 4) is 0 Å². The Morgan fingerprint density at radius 2 is 2.39 bits per heavy atom. The Morgan fingerprint density at radius 1 is 1.67 bits per heavy atom. The maximum atomic E-state index is 12.1. The SMILES string of the molecule is COCCN(CCO)C(=O)C(N)c1cnn(C)c1. The molecule has 18 heavy (non-hydrogen) atoms. The molecular formula is C11H20N4O3. The average Bonchev–Trinajstić information content (AvgIpc) is 2.79. The molecule has 0 fully saturated rings. The lowest BCUT2D eigenvalue weighted by Gasteiger charge is -2.24. The van der Waals surface area contributed by atoms with E-state index in [2.05, 4.69) is 5.10 Å². The van der Waals surface area contributed by atoms with Crippen molar-refractivity contribution >= 4 is 5.91 Å². The number of nitrogens with two attached hydrogens (primary N) is 1. The maximum absolute atomic E-state index is 12.1. The van der Waals surface area contributed by atoms with Crippen molar-refractivity contribution in [3.63, 3.8) is 0 Å². The van der Waals surface area contributed by atoms with Crippen LogP contribution in [0.2, 0.25) is 0 Å². The number of methoxy groups -OCH3 is 1. The van der Waals surface area contributed by atoms with Crippen molar-refractivity contribution in [2.45, 2.75) is 6.04 Å². The van der Waals surface area contributed by atoms with Gasteiger partial charge in [-0.25, -0.2) is 0 Å². The summed E-state index contributed by atoms with van der Waals surface area (Å²) in [5, 5.41) is 12.9. The molecule has 1 rings (SSSR count).